The molecule has 148 valence electrons. The fourth-order valence-corrected chi connectivity index (χ4v) is 3.89. The number of carbonyl (C=O) groups excluding carboxylic acids is 1. The Morgan fingerprint density at radius 3 is 2.93 bits per heavy atom. The number of aromatic nitrogens is 1. The quantitative estimate of drug-likeness (QED) is 0.509. The van der Waals surface area contributed by atoms with E-state index in [1.165, 1.54) is 11.8 Å². The minimum Gasteiger partial charge on any atom is -0.370 e. The fraction of sp³-hybridized carbons (Fsp3) is 0.150. The van der Waals surface area contributed by atoms with Crippen molar-refractivity contribution in [2.24, 2.45) is 15.7 Å². The van der Waals surface area contributed by atoms with E-state index in [0.29, 0.717) is 15.9 Å². The highest BCUT2D eigenvalue weighted by molar-refractivity contribution is 8.14. The molecule has 0 radical (unpaired) electrons. The number of thioether (sulfide) groups is 1. The highest BCUT2D eigenvalue weighted by Crippen LogP contribution is 2.29. The molecule has 4 rings (SSSR count). The maximum atomic E-state index is 12.4. The number of aromatic amines is 1. The Morgan fingerprint density at radius 2 is 2.07 bits per heavy atom. The summed E-state index contributed by atoms with van der Waals surface area (Å²) in [7, 11) is 0. The van der Waals surface area contributed by atoms with Crippen LogP contribution < -0.4 is 16.4 Å². The number of carbonyl (C=O) groups is 1. The second-order valence-corrected chi connectivity index (χ2v) is 7.86. The molecule has 0 spiro atoms. The zero-order chi connectivity index (χ0) is 20.4. The first kappa shape index (κ1) is 19.4. The molecule has 0 fully saturated rings. The first-order valence-corrected chi connectivity index (χ1v) is 10.3. The number of para-hydroxylation sites is 1. The normalized spacial score (nSPS) is 16.1. The number of anilines is 1. The second-order valence-electron chi connectivity index (χ2n) is 6.49. The number of benzene rings is 2. The van der Waals surface area contributed by atoms with Gasteiger partial charge in [-0.1, -0.05) is 47.6 Å². The summed E-state index contributed by atoms with van der Waals surface area (Å²) in [5.74, 6) is 0.282. The molecule has 5 N–H and O–H groups in total. The van der Waals surface area contributed by atoms with Gasteiger partial charge in [0.15, 0.2) is 17.3 Å². The largest absolute Gasteiger partial charge is 0.370 e. The van der Waals surface area contributed by atoms with Crippen LogP contribution in [0.1, 0.15) is 17.3 Å². The van der Waals surface area contributed by atoms with Gasteiger partial charge >= 0.3 is 0 Å². The third-order valence-corrected chi connectivity index (χ3v) is 5.81. The van der Waals surface area contributed by atoms with E-state index >= 15 is 0 Å². The molecule has 2 heterocycles. The lowest BCUT2D eigenvalue weighted by atomic mass is 10.1. The summed E-state index contributed by atoms with van der Waals surface area (Å²) in [4.78, 5) is 24.6. The number of hydrogen-bond donors (Lipinski definition) is 4. The summed E-state index contributed by atoms with van der Waals surface area (Å²) in [6.45, 7) is 1.86. The van der Waals surface area contributed by atoms with Crippen molar-refractivity contribution in [1.82, 2.24) is 10.3 Å². The maximum Gasteiger partial charge on any atom is 0.234 e. The van der Waals surface area contributed by atoms with Crippen LogP contribution in [-0.2, 0) is 4.79 Å². The molecule has 0 aliphatic carbocycles. The predicted octanol–water partition coefficient (Wildman–Crippen LogP) is 3.77. The zero-order valence-corrected chi connectivity index (χ0v) is 17.1. The third kappa shape index (κ3) is 4.23. The molecule has 0 saturated carbocycles. The van der Waals surface area contributed by atoms with Crippen LogP contribution in [-0.4, -0.2) is 27.8 Å². The molecule has 1 aliphatic rings. The van der Waals surface area contributed by atoms with E-state index in [1.54, 1.807) is 12.1 Å². The average Bonchev–Trinajstić information content (AvgIpc) is 3.14. The fourth-order valence-electron chi connectivity index (χ4n) is 3.03. The number of guanidine groups is 1. The van der Waals surface area contributed by atoms with Crippen LogP contribution in [0.15, 0.2) is 58.6 Å². The molecular weight excluding hydrogens is 408 g/mol. The van der Waals surface area contributed by atoms with Gasteiger partial charge in [-0.05, 0) is 30.7 Å². The Kier molecular flexibility index (Phi) is 5.46. The molecule has 0 bridgehead atoms. The summed E-state index contributed by atoms with van der Waals surface area (Å²) >= 11 is 7.37. The molecule has 1 aromatic heterocycles. The smallest absolute Gasteiger partial charge is 0.234 e. The summed E-state index contributed by atoms with van der Waals surface area (Å²) in [5.41, 5.74) is 9.42. The van der Waals surface area contributed by atoms with Gasteiger partial charge in [-0.2, -0.15) is 0 Å². The highest BCUT2D eigenvalue weighted by Gasteiger charge is 2.20. The van der Waals surface area contributed by atoms with Crippen molar-refractivity contribution >= 4 is 57.0 Å². The number of aliphatic imine (C=N–C) groups is 2. The Labute approximate surface area is 176 Å². The lowest BCUT2D eigenvalue weighted by Crippen LogP contribution is -2.39. The number of hydrogen-bond acceptors (Lipinski definition) is 6. The number of amides is 1. The second kappa shape index (κ2) is 8.18. The van der Waals surface area contributed by atoms with Gasteiger partial charge in [0, 0.05) is 33.4 Å². The molecule has 29 heavy (non-hydrogen) atoms. The SMILES string of the molecule is Cc1c(Cl)cccc1NC(=O)CSC1=NC(c2c[nH]c3ccccc23)N=C(N)N1. The van der Waals surface area contributed by atoms with E-state index in [0.717, 1.165) is 22.0 Å². The van der Waals surface area contributed by atoms with E-state index in [1.807, 2.05) is 43.5 Å². The van der Waals surface area contributed by atoms with Crippen molar-refractivity contribution < 1.29 is 4.79 Å². The molecular formula is C20H19ClN6OS. The maximum absolute atomic E-state index is 12.4. The van der Waals surface area contributed by atoms with E-state index in [2.05, 4.69) is 25.6 Å². The van der Waals surface area contributed by atoms with Crippen molar-refractivity contribution in [3.8, 4) is 0 Å². The number of rotatable bonds is 4. The summed E-state index contributed by atoms with van der Waals surface area (Å²) in [5, 5.41) is 7.99. The van der Waals surface area contributed by atoms with Crippen LogP contribution in [0, 0.1) is 6.92 Å². The zero-order valence-electron chi connectivity index (χ0n) is 15.6. The number of fused-ring (bicyclic) bond motifs is 1. The number of nitrogens with two attached hydrogens (primary N) is 1. The number of H-pyrrole nitrogens is 1. The molecule has 1 aliphatic heterocycles. The first-order chi connectivity index (χ1) is 14.0. The van der Waals surface area contributed by atoms with Gasteiger partial charge in [-0.3, -0.25) is 4.79 Å². The number of amidine groups is 1. The Bertz CT molecular complexity index is 1140. The minimum atomic E-state index is -0.465. The van der Waals surface area contributed by atoms with Crippen LogP contribution in [0.2, 0.25) is 5.02 Å². The number of nitrogens with zero attached hydrogens (tertiary/aromatic N) is 2. The van der Waals surface area contributed by atoms with Crippen molar-refractivity contribution in [2.75, 3.05) is 11.1 Å². The summed E-state index contributed by atoms with van der Waals surface area (Å²) in [6.07, 6.45) is 1.42. The Morgan fingerprint density at radius 1 is 1.24 bits per heavy atom. The number of halogens is 1. The van der Waals surface area contributed by atoms with Crippen LogP contribution >= 0.6 is 23.4 Å². The Balaban J connectivity index is 1.46. The molecule has 2 aromatic carbocycles. The van der Waals surface area contributed by atoms with Crippen molar-refractivity contribution in [3.63, 3.8) is 0 Å². The molecule has 7 nitrogen and oxygen atoms in total. The third-order valence-electron chi connectivity index (χ3n) is 4.52. The van der Waals surface area contributed by atoms with E-state index in [4.69, 9.17) is 17.3 Å². The van der Waals surface area contributed by atoms with Crippen molar-refractivity contribution in [2.45, 2.75) is 13.1 Å². The molecule has 0 saturated heterocycles. The Hall–Kier alpha value is -2.97. The molecule has 3 aromatic rings. The molecule has 9 heteroatoms. The lowest BCUT2D eigenvalue weighted by Gasteiger charge is -2.18. The van der Waals surface area contributed by atoms with Crippen LogP contribution in [0.3, 0.4) is 0 Å². The van der Waals surface area contributed by atoms with Crippen LogP contribution in [0.25, 0.3) is 10.9 Å². The van der Waals surface area contributed by atoms with Crippen LogP contribution in [0.5, 0.6) is 0 Å². The summed E-state index contributed by atoms with van der Waals surface area (Å²) < 4.78 is 0. The van der Waals surface area contributed by atoms with Crippen molar-refractivity contribution in [3.05, 3.63) is 64.8 Å². The molecule has 1 unspecified atom stereocenters. The van der Waals surface area contributed by atoms with Gasteiger partial charge in [-0.15, -0.1) is 0 Å². The first-order valence-electron chi connectivity index (χ1n) is 8.93. The van der Waals surface area contributed by atoms with Crippen molar-refractivity contribution in [1.29, 1.82) is 0 Å². The van der Waals surface area contributed by atoms with Gasteiger partial charge < -0.3 is 21.4 Å². The van der Waals surface area contributed by atoms with E-state index in [-0.39, 0.29) is 17.6 Å². The van der Waals surface area contributed by atoms with E-state index < -0.39 is 6.17 Å². The van der Waals surface area contributed by atoms with Gasteiger partial charge in [0.05, 0.1) is 5.75 Å². The minimum absolute atomic E-state index is 0.158. The van der Waals surface area contributed by atoms with E-state index in [9.17, 15) is 4.79 Å². The molecule has 1 atom stereocenters. The topological polar surface area (TPSA) is 108 Å². The standard InChI is InChI=1S/C20H19ClN6OS/c1-11-14(21)6-4-8-15(11)24-17(28)10-29-20-26-18(25-19(22)27-20)13-9-23-16-7-3-2-5-12(13)16/h2-9,18,23H,10H2,1H3,(H,24,28)(H3,22,25,26,27). The van der Waals surface area contributed by atoms with Crippen LogP contribution in [0.4, 0.5) is 5.69 Å². The summed E-state index contributed by atoms with van der Waals surface area (Å²) in [6, 6.07) is 13.3. The number of nitrogens with one attached hydrogen (secondary N) is 3. The van der Waals surface area contributed by atoms with Gasteiger partial charge in [0.25, 0.3) is 0 Å². The lowest BCUT2D eigenvalue weighted by molar-refractivity contribution is -0.113. The van der Waals surface area contributed by atoms with Gasteiger partial charge in [-0.25, -0.2) is 9.98 Å². The molecule has 1 amide bonds. The van der Waals surface area contributed by atoms with Gasteiger partial charge in [0.1, 0.15) is 0 Å². The average molecular weight is 427 g/mol. The predicted molar refractivity (Wildman–Crippen MR) is 121 cm³/mol. The highest BCUT2D eigenvalue weighted by atomic mass is 35.5. The van der Waals surface area contributed by atoms with Gasteiger partial charge in [0.2, 0.25) is 5.91 Å². The monoisotopic (exact) mass is 426 g/mol.